The molecule has 1 fully saturated rings. The third kappa shape index (κ3) is 2.71. The lowest BCUT2D eigenvalue weighted by atomic mass is 9.78. The molecule has 1 rings (SSSR count). The summed E-state index contributed by atoms with van der Waals surface area (Å²) in [5.74, 6) is 0.422. The van der Waals surface area contributed by atoms with Crippen LogP contribution in [0.25, 0.3) is 0 Å². The molecule has 3 heteroatoms. The lowest BCUT2D eigenvalue weighted by molar-refractivity contribution is -0.154. The van der Waals surface area contributed by atoms with Gasteiger partial charge in [0.1, 0.15) is 0 Å². The predicted octanol–water partition coefficient (Wildman–Crippen LogP) is 1.74. The van der Waals surface area contributed by atoms with E-state index in [1.165, 1.54) is 13.5 Å². The molecule has 0 spiro atoms. The van der Waals surface area contributed by atoms with Crippen LogP contribution in [0.15, 0.2) is 0 Å². The third-order valence-corrected chi connectivity index (χ3v) is 3.36. The Morgan fingerprint density at radius 3 is 2.43 bits per heavy atom. The van der Waals surface area contributed by atoms with Gasteiger partial charge in [-0.15, -0.1) is 0 Å². The molecule has 0 aromatic heterocycles. The zero-order valence-electron chi connectivity index (χ0n) is 9.03. The number of carbonyl (C=O) groups is 1. The van der Waals surface area contributed by atoms with Crippen LogP contribution < -0.4 is 0 Å². The fraction of sp³-hybridized carbons (Fsp3) is 0.909. The molecule has 0 amide bonds. The number of esters is 1. The summed E-state index contributed by atoms with van der Waals surface area (Å²) in [5.41, 5.74) is 0. The second-order valence-electron chi connectivity index (χ2n) is 4.16. The van der Waals surface area contributed by atoms with Gasteiger partial charge in [0, 0.05) is 0 Å². The van der Waals surface area contributed by atoms with E-state index in [-0.39, 0.29) is 5.92 Å². The minimum Gasteiger partial charge on any atom is -0.467 e. The fourth-order valence-electron chi connectivity index (χ4n) is 2.23. The molecule has 0 aromatic carbocycles. The van der Waals surface area contributed by atoms with Crippen molar-refractivity contribution in [2.24, 2.45) is 11.8 Å². The highest BCUT2D eigenvalue weighted by molar-refractivity contribution is 5.74. The van der Waals surface area contributed by atoms with E-state index in [1.807, 2.05) is 0 Å². The van der Waals surface area contributed by atoms with Gasteiger partial charge >= 0.3 is 5.97 Å². The summed E-state index contributed by atoms with van der Waals surface area (Å²) in [7, 11) is 1.32. The molecule has 0 saturated heterocycles. The van der Waals surface area contributed by atoms with Gasteiger partial charge in [-0.3, -0.25) is 0 Å². The minimum atomic E-state index is -0.905. The Bertz CT molecular complexity index is 183. The van der Waals surface area contributed by atoms with Gasteiger partial charge in [-0.1, -0.05) is 26.2 Å². The van der Waals surface area contributed by atoms with Gasteiger partial charge < -0.3 is 9.84 Å². The van der Waals surface area contributed by atoms with E-state index in [4.69, 9.17) is 0 Å². The average molecular weight is 200 g/mol. The van der Waals surface area contributed by atoms with Crippen molar-refractivity contribution in [3.8, 4) is 0 Å². The monoisotopic (exact) mass is 200 g/mol. The molecule has 82 valence electrons. The second-order valence-corrected chi connectivity index (χ2v) is 4.16. The van der Waals surface area contributed by atoms with Crippen molar-refractivity contribution >= 4 is 5.97 Å². The van der Waals surface area contributed by atoms with Crippen LogP contribution >= 0.6 is 0 Å². The Morgan fingerprint density at radius 1 is 1.43 bits per heavy atom. The van der Waals surface area contributed by atoms with Crippen molar-refractivity contribution in [2.45, 2.75) is 45.1 Å². The van der Waals surface area contributed by atoms with Crippen molar-refractivity contribution in [2.75, 3.05) is 7.11 Å². The molecule has 14 heavy (non-hydrogen) atoms. The zero-order chi connectivity index (χ0) is 10.6. The molecule has 1 aliphatic rings. The van der Waals surface area contributed by atoms with Gasteiger partial charge in [0.25, 0.3) is 0 Å². The maximum Gasteiger partial charge on any atom is 0.334 e. The lowest BCUT2D eigenvalue weighted by Gasteiger charge is -2.29. The molecule has 1 saturated carbocycles. The Kier molecular flexibility index (Phi) is 4.39. The van der Waals surface area contributed by atoms with Crippen molar-refractivity contribution in [3.63, 3.8) is 0 Å². The quantitative estimate of drug-likeness (QED) is 0.706. The number of hydrogen-bond acceptors (Lipinski definition) is 3. The summed E-state index contributed by atoms with van der Waals surface area (Å²) in [4.78, 5) is 11.1. The van der Waals surface area contributed by atoms with Crippen LogP contribution in [-0.4, -0.2) is 24.3 Å². The van der Waals surface area contributed by atoms with Crippen LogP contribution in [0.4, 0.5) is 0 Å². The molecule has 1 N–H and O–H groups in total. The number of aliphatic hydroxyl groups is 1. The molecule has 0 aromatic rings. The molecule has 0 radical (unpaired) electrons. The Morgan fingerprint density at radius 2 is 2.00 bits per heavy atom. The topological polar surface area (TPSA) is 46.5 Å². The van der Waals surface area contributed by atoms with Gasteiger partial charge in [0.15, 0.2) is 6.10 Å². The summed E-state index contributed by atoms with van der Waals surface area (Å²) in [6.45, 7) is 2.20. The van der Waals surface area contributed by atoms with Crippen LogP contribution in [0.2, 0.25) is 0 Å². The van der Waals surface area contributed by atoms with E-state index in [1.54, 1.807) is 0 Å². The van der Waals surface area contributed by atoms with Gasteiger partial charge in [0.05, 0.1) is 7.11 Å². The van der Waals surface area contributed by atoms with Crippen molar-refractivity contribution in [3.05, 3.63) is 0 Å². The van der Waals surface area contributed by atoms with Crippen LogP contribution in [0.5, 0.6) is 0 Å². The highest BCUT2D eigenvalue weighted by Gasteiger charge is 2.30. The van der Waals surface area contributed by atoms with E-state index in [0.717, 1.165) is 31.6 Å². The molecule has 1 atom stereocenters. The molecule has 3 nitrogen and oxygen atoms in total. The van der Waals surface area contributed by atoms with E-state index < -0.39 is 12.1 Å². The first-order valence-corrected chi connectivity index (χ1v) is 5.45. The highest BCUT2D eigenvalue weighted by atomic mass is 16.5. The molecule has 1 aliphatic carbocycles. The Balaban J connectivity index is 2.37. The maximum absolute atomic E-state index is 11.1. The first kappa shape index (κ1) is 11.5. The number of ether oxygens (including phenoxy) is 1. The molecule has 0 bridgehead atoms. The minimum absolute atomic E-state index is 0.116. The molecule has 1 unspecified atom stereocenters. The average Bonchev–Trinajstić information content (AvgIpc) is 2.27. The Hall–Kier alpha value is -0.570. The van der Waals surface area contributed by atoms with Gasteiger partial charge in [-0.05, 0) is 24.7 Å². The number of carbonyl (C=O) groups excluding carboxylic acids is 1. The lowest BCUT2D eigenvalue weighted by Crippen LogP contribution is -2.33. The van der Waals surface area contributed by atoms with Crippen LogP contribution in [0.1, 0.15) is 39.0 Å². The molecular formula is C11H20O3. The summed E-state index contributed by atoms with van der Waals surface area (Å²) in [6, 6.07) is 0. The first-order valence-electron chi connectivity index (χ1n) is 5.45. The van der Waals surface area contributed by atoms with Crippen LogP contribution in [0, 0.1) is 11.8 Å². The van der Waals surface area contributed by atoms with Crippen LogP contribution in [0.3, 0.4) is 0 Å². The normalized spacial score (nSPS) is 29.6. The van der Waals surface area contributed by atoms with Crippen LogP contribution in [-0.2, 0) is 9.53 Å². The fourth-order valence-corrected chi connectivity index (χ4v) is 2.23. The second kappa shape index (κ2) is 5.35. The molecular weight excluding hydrogens is 180 g/mol. The van der Waals surface area contributed by atoms with Gasteiger partial charge in [0.2, 0.25) is 0 Å². The van der Waals surface area contributed by atoms with Crippen molar-refractivity contribution < 1.29 is 14.6 Å². The number of aliphatic hydroxyl groups excluding tert-OH is 1. The largest absolute Gasteiger partial charge is 0.467 e. The van der Waals surface area contributed by atoms with Gasteiger partial charge in [-0.2, -0.15) is 0 Å². The predicted molar refractivity (Wildman–Crippen MR) is 53.8 cm³/mol. The van der Waals surface area contributed by atoms with Crippen molar-refractivity contribution in [1.29, 1.82) is 0 Å². The first-order chi connectivity index (χ1) is 6.69. The summed E-state index contributed by atoms with van der Waals surface area (Å²) in [6.07, 6.45) is 4.48. The Labute approximate surface area is 85.5 Å². The number of hydrogen-bond donors (Lipinski definition) is 1. The third-order valence-electron chi connectivity index (χ3n) is 3.36. The van der Waals surface area contributed by atoms with E-state index in [9.17, 15) is 9.90 Å². The van der Waals surface area contributed by atoms with E-state index >= 15 is 0 Å². The smallest absolute Gasteiger partial charge is 0.334 e. The number of rotatable bonds is 3. The SMILES string of the molecule is CCC1CCC(C(O)C(=O)OC)CC1. The molecule has 0 aliphatic heterocycles. The highest BCUT2D eigenvalue weighted by Crippen LogP contribution is 2.32. The summed E-state index contributed by atoms with van der Waals surface area (Å²) >= 11 is 0. The standard InChI is InChI=1S/C11H20O3/c1-3-8-4-6-9(7-5-8)10(12)11(13)14-2/h8-10,12H,3-7H2,1-2H3. The zero-order valence-corrected chi connectivity index (χ0v) is 9.03. The van der Waals surface area contributed by atoms with E-state index in [0.29, 0.717) is 0 Å². The van der Waals surface area contributed by atoms with Crippen molar-refractivity contribution in [1.82, 2.24) is 0 Å². The molecule has 0 heterocycles. The summed E-state index contributed by atoms with van der Waals surface area (Å²) in [5, 5.41) is 9.63. The number of methoxy groups -OCH3 is 1. The van der Waals surface area contributed by atoms with Gasteiger partial charge in [-0.25, -0.2) is 4.79 Å². The summed E-state index contributed by atoms with van der Waals surface area (Å²) < 4.78 is 4.53. The maximum atomic E-state index is 11.1. The van der Waals surface area contributed by atoms with E-state index in [2.05, 4.69) is 11.7 Å².